The second-order valence-electron chi connectivity index (χ2n) is 7.43. The predicted octanol–water partition coefficient (Wildman–Crippen LogP) is -0.142. The van der Waals surface area contributed by atoms with Crippen LogP contribution in [0.3, 0.4) is 0 Å². The lowest BCUT2D eigenvalue weighted by atomic mass is 10.1. The number of amides is 2. The number of anilines is 1. The molecule has 0 spiro atoms. The number of rotatable bonds is 6. The van der Waals surface area contributed by atoms with E-state index in [2.05, 4.69) is 20.3 Å². The number of aromatic hydroxyl groups is 1. The van der Waals surface area contributed by atoms with Crippen molar-refractivity contribution in [1.82, 2.24) is 25.2 Å². The van der Waals surface area contributed by atoms with E-state index >= 15 is 0 Å². The molecular weight excluding hydrogens is 432 g/mol. The first-order chi connectivity index (χ1) is 15.9. The van der Waals surface area contributed by atoms with E-state index in [-0.39, 0.29) is 27.9 Å². The van der Waals surface area contributed by atoms with Gasteiger partial charge in [0.1, 0.15) is 17.0 Å². The summed E-state index contributed by atoms with van der Waals surface area (Å²) in [6.07, 6.45) is 3.28. The zero-order valence-electron chi connectivity index (χ0n) is 17.3. The molecule has 3 aromatic rings. The summed E-state index contributed by atoms with van der Waals surface area (Å²) in [5.41, 5.74) is -0.474. The van der Waals surface area contributed by atoms with Gasteiger partial charge in [0.05, 0.1) is 5.39 Å². The Morgan fingerprint density at radius 3 is 2.48 bits per heavy atom. The maximum absolute atomic E-state index is 12.9. The SMILES string of the molecule is O=CN1CCN(c2ncc3c(=O)c(C(=O)N[C@@H](C(=O)O)c4ccc(O)cc4)c[nH]c3n2)CC1. The molecule has 0 unspecified atom stereocenters. The summed E-state index contributed by atoms with van der Waals surface area (Å²) in [6, 6.07) is 3.91. The van der Waals surface area contributed by atoms with Crippen molar-refractivity contribution in [2.24, 2.45) is 0 Å². The largest absolute Gasteiger partial charge is 0.508 e. The van der Waals surface area contributed by atoms with E-state index in [1.54, 1.807) is 4.90 Å². The van der Waals surface area contributed by atoms with Crippen molar-refractivity contribution in [3.05, 3.63) is 58.0 Å². The number of hydrogen-bond acceptors (Lipinski definition) is 8. The molecule has 1 aliphatic rings. The van der Waals surface area contributed by atoms with E-state index in [1.165, 1.54) is 36.7 Å². The van der Waals surface area contributed by atoms with Crippen LogP contribution >= 0.6 is 0 Å². The Morgan fingerprint density at radius 1 is 1.15 bits per heavy atom. The Hall–Kier alpha value is -4.48. The molecule has 1 aromatic carbocycles. The van der Waals surface area contributed by atoms with Crippen LogP contribution < -0.4 is 15.6 Å². The number of hydrogen-bond donors (Lipinski definition) is 4. The van der Waals surface area contributed by atoms with Crippen molar-refractivity contribution in [2.75, 3.05) is 31.1 Å². The molecule has 1 fully saturated rings. The molecule has 12 nitrogen and oxygen atoms in total. The molecule has 0 radical (unpaired) electrons. The summed E-state index contributed by atoms with van der Waals surface area (Å²) in [5, 5.41) is 21.3. The Morgan fingerprint density at radius 2 is 1.85 bits per heavy atom. The monoisotopic (exact) mass is 452 g/mol. The van der Waals surface area contributed by atoms with Gasteiger partial charge in [-0.25, -0.2) is 9.78 Å². The number of carboxylic acids is 1. The number of aromatic nitrogens is 3. The molecule has 0 bridgehead atoms. The molecule has 1 atom stereocenters. The van der Waals surface area contributed by atoms with Gasteiger partial charge in [0, 0.05) is 38.6 Å². The van der Waals surface area contributed by atoms with E-state index in [4.69, 9.17) is 0 Å². The normalized spacial score (nSPS) is 14.7. The summed E-state index contributed by atoms with van der Waals surface area (Å²) < 4.78 is 0. The van der Waals surface area contributed by atoms with Crippen molar-refractivity contribution in [3.63, 3.8) is 0 Å². The van der Waals surface area contributed by atoms with Gasteiger partial charge in [0.2, 0.25) is 17.8 Å². The number of fused-ring (bicyclic) bond motifs is 1. The summed E-state index contributed by atoms with van der Waals surface area (Å²) in [4.78, 5) is 63.0. The number of phenols is 1. The summed E-state index contributed by atoms with van der Waals surface area (Å²) in [6.45, 7) is 2.16. The second-order valence-corrected chi connectivity index (χ2v) is 7.43. The lowest BCUT2D eigenvalue weighted by Crippen LogP contribution is -2.46. The van der Waals surface area contributed by atoms with E-state index in [0.717, 1.165) is 6.41 Å². The van der Waals surface area contributed by atoms with Crippen molar-refractivity contribution >= 4 is 35.3 Å². The molecule has 1 aliphatic heterocycles. The maximum Gasteiger partial charge on any atom is 0.330 e. The van der Waals surface area contributed by atoms with Crippen molar-refractivity contribution in [1.29, 1.82) is 0 Å². The third-order valence-electron chi connectivity index (χ3n) is 5.36. The molecule has 0 aliphatic carbocycles. The highest BCUT2D eigenvalue weighted by Crippen LogP contribution is 2.18. The van der Waals surface area contributed by atoms with Crippen LogP contribution in [0.5, 0.6) is 5.75 Å². The van der Waals surface area contributed by atoms with E-state index < -0.39 is 23.3 Å². The molecule has 2 aromatic heterocycles. The van der Waals surface area contributed by atoms with E-state index in [0.29, 0.717) is 32.1 Å². The third kappa shape index (κ3) is 4.44. The van der Waals surface area contributed by atoms with Gasteiger partial charge in [-0.05, 0) is 17.7 Å². The number of carboxylic acid groups (broad SMARTS) is 1. The summed E-state index contributed by atoms with van der Waals surface area (Å²) >= 11 is 0. The van der Waals surface area contributed by atoms with Gasteiger partial charge in [-0.1, -0.05) is 12.1 Å². The van der Waals surface area contributed by atoms with Crippen LogP contribution in [0.4, 0.5) is 5.95 Å². The van der Waals surface area contributed by atoms with Crippen LogP contribution in [0, 0.1) is 0 Å². The Balaban J connectivity index is 1.57. The first-order valence-electron chi connectivity index (χ1n) is 10.0. The van der Waals surface area contributed by atoms with Crippen LogP contribution in [0.2, 0.25) is 0 Å². The highest BCUT2D eigenvalue weighted by atomic mass is 16.4. The van der Waals surface area contributed by atoms with Crippen LogP contribution in [0.15, 0.2) is 41.5 Å². The number of H-pyrrole nitrogens is 1. The molecule has 170 valence electrons. The fourth-order valence-corrected chi connectivity index (χ4v) is 3.51. The lowest BCUT2D eigenvalue weighted by molar-refractivity contribution is -0.139. The van der Waals surface area contributed by atoms with Crippen LogP contribution in [-0.4, -0.2) is 74.5 Å². The number of carbonyl (C=O) groups is 3. The molecule has 3 heterocycles. The first kappa shape index (κ1) is 21.7. The molecule has 4 rings (SSSR count). The third-order valence-corrected chi connectivity index (χ3v) is 5.36. The van der Waals surface area contributed by atoms with Crippen LogP contribution in [-0.2, 0) is 9.59 Å². The van der Waals surface area contributed by atoms with Crippen LogP contribution in [0.1, 0.15) is 22.0 Å². The highest BCUT2D eigenvalue weighted by molar-refractivity contribution is 5.98. The number of aromatic amines is 1. The minimum atomic E-state index is -1.42. The molecular formula is C21H20N6O6. The number of phenolic OH excluding ortho intramolecular Hbond substituents is 1. The van der Waals surface area contributed by atoms with Crippen molar-refractivity contribution in [2.45, 2.75) is 6.04 Å². The number of nitrogens with one attached hydrogen (secondary N) is 2. The van der Waals surface area contributed by atoms with Gasteiger partial charge < -0.3 is 30.3 Å². The van der Waals surface area contributed by atoms with Gasteiger partial charge in [-0.15, -0.1) is 0 Å². The zero-order valence-corrected chi connectivity index (χ0v) is 17.3. The Bertz CT molecular complexity index is 1270. The fourth-order valence-electron chi connectivity index (χ4n) is 3.51. The second kappa shape index (κ2) is 8.94. The number of pyridine rings is 1. The quantitative estimate of drug-likeness (QED) is 0.372. The van der Waals surface area contributed by atoms with Gasteiger partial charge >= 0.3 is 5.97 Å². The smallest absolute Gasteiger partial charge is 0.330 e. The van der Waals surface area contributed by atoms with Gasteiger partial charge in [0.25, 0.3) is 5.91 Å². The maximum atomic E-state index is 12.9. The molecule has 4 N–H and O–H groups in total. The topological polar surface area (TPSA) is 169 Å². The zero-order chi connectivity index (χ0) is 23.5. The first-order valence-corrected chi connectivity index (χ1v) is 10.0. The van der Waals surface area contributed by atoms with Gasteiger partial charge in [-0.3, -0.25) is 14.4 Å². The minimum Gasteiger partial charge on any atom is -0.508 e. The molecule has 2 amide bonds. The average molecular weight is 452 g/mol. The summed E-state index contributed by atoms with van der Waals surface area (Å²) in [7, 11) is 0. The lowest BCUT2D eigenvalue weighted by Gasteiger charge is -2.32. The Labute approximate surface area is 186 Å². The minimum absolute atomic E-state index is 0.0508. The standard InChI is InChI=1S/C21H20N6O6/c28-11-26-5-7-27(8-6-26)21-23-9-14-17(30)15(10-22-18(14)25-21)19(31)24-16(20(32)33)12-1-3-13(29)4-2-12/h1-4,9-11,16,29H,5-8H2,(H,24,31)(H,32,33)(H,22,23,25,30)/t16-/m1/s1. The van der Waals surface area contributed by atoms with Gasteiger partial charge in [0.15, 0.2) is 6.04 Å². The van der Waals surface area contributed by atoms with Gasteiger partial charge in [-0.2, -0.15) is 4.98 Å². The van der Waals surface area contributed by atoms with Crippen molar-refractivity contribution in [3.8, 4) is 5.75 Å². The number of piperazine rings is 1. The molecule has 12 heteroatoms. The Kier molecular flexibility index (Phi) is 5.89. The molecule has 33 heavy (non-hydrogen) atoms. The predicted molar refractivity (Wildman–Crippen MR) is 116 cm³/mol. The number of benzene rings is 1. The number of carbonyl (C=O) groups excluding carboxylic acids is 2. The number of nitrogens with zero attached hydrogens (tertiary/aromatic N) is 4. The molecule has 0 saturated carbocycles. The average Bonchev–Trinajstić information content (AvgIpc) is 2.83. The fraction of sp³-hybridized carbons (Fsp3) is 0.238. The summed E-state index contributed by atoms with van der Waals surface area (Å²) in [5.74, 6) is -1.87. The van der Waals surface area contributed by atoms with E-state index in [9.17, 15) is 29.4 Å². The highest BCUT2D eigenvalue weighted by Gasteiger charge is 2.25. The van der Waals surface area contributed by atoms with E-state index in [1.807, 2.05) is 4.90 Å². The molecule has 1 saturated heterocycles. The van der Waals surface area contributed by atoms with Crippen LogP contribution in [0.25, 0.3) is 11.0 Å². The number of aliphatic carboxylic acids is 1. The van der Waals surface area contributed by atoms with Crippen molar-refractivity contribution < 1.29 is 24.6 Å².